The molecule has 3 nitrogen and oxygen atoms in total. The van der Waals surface area contributed by atoms with Gasteiger partial charge in [-0.2, -0.15) is 0 Å². The van der Waals surface area contributed by atoms with Gasteiger partial charge in [0.2, 0.25) is 6.79 Å². The molecule has 1 atom stereocenters. The summed E-state index contributed by atoms with van der Waals surface area (Å²) in [6.07, 6.45) is -0.588. The zero-order valence-electron chi connectivity index (χ0n) is 8.42. The molecule has 82 valence electrons. The third-order valence-electron chi connectivity index (χ3n) is 2.53. The predicted octanol–water partition coefficient (Wildman–Crippen LogP) is 2.56. The maximum atomic E-state index is 10.1. The average molecular weight is 234 g/mol. The first kappa shape index (κ1) is 9.69. The second kappa shape index (κ2) is 3.81. The van der Waals surface area contributed by atoms with E-state index in [1.165, 1.54) is 11.3 Å². The lowest BCUT2D eigenvalue weighted by atomic mass is 10.1. The maximum absolute atomic E-state index is 10.1. The zero-order valence-corrected chi connectivity index (χ0v) is 9.24. The van der Waals surface area contributed by atoms with E-state index in [1.807, 2.05) is 35.7 Å². The summed E-state index contributed by atoms with van der Waals surface area (Å²) in [6, 6.07) is 9.36. The van der Waals surface area contributed by atoms with E-state index in [1.54, 1.807) is 0 Å². The molecule has 1 aromatic heterocycles. The van der Waals surface area contributed by atoms with E-state index in [0.29, 0.717) is 5.75 Å². The first-order chi connectivity index (χ1) is 7.84. The molecule has 0 saturated heterocycles. The monoisotopic (exact) mass is 234 g/mol. The largest absolute Gasteiger partial charge is 0.454 e. The van der Waals surface area contributed by atoms with Gasteiger partial charge in [0.05, 0.1) is 0 Å². The Balaban J connectivity index is 1.95. The number of aliphatic hydroxyl groups excluding tert-OH is 1. The topological polar surface area (TPSA) is 38.7 Å². The summed E-state index contributed by atoms with van der Waals surface area (Å²) in [5.41, 5.74) is 0.826. The normalized spacial score (nSPS) is 15.1. The van der Waals surface area contributed by atoms with E-state index in [-0.39, 0.29) is 6.79 Å². The third kappa shape index (κ3) is 1.56. The Kier molecular flexibility index (Phi) is 2.31. The van der Waals surface area contributed by atoms with Gasteiger partial charge in [-0.1, -0.05) is 12.1 Å². The van der Waals surface area contributed by atoms with Crippen molar-refractivity contribution in [3.8, 4) is 11.5 Å². The molecule has 0 radical (unpaired) electrons. The lowest BCUT2D eigenvalue weighted by Gasteiger charge is -2.09. The Labute approximate surface area is 96.9 Å². The number of thiophene rings is 1. The Bertz CT molecular complexity index is 493. The summed E-state index contributed by atoms with van der Waals surface area (Å²) >= 11 is 1.54. The van der Waals surface area contributed by atoms with Crippen LogP contribution in [0.15, 0.2) is 35.7 Å². The molecule has 1 N–H and O–H groups in total. The molecule has 2 heterocycles. The quantitative estimate of drug-likeness (QED) is 0.868. The SMILES string of the molecule is O[C@H](c1ccc2c(c1)OCO2)c1cccs1. The second-order valence-corrected chi connectivity index (χ2v) is 4.51. The number of benzene rings is 1. The molecular weight excluding hydrogens is 224 g/mol. The minimum absolute atomic E-state index is 0.258. The molecule has 0 spiro atoms. The van der Waals surface area contributed by atoms with Gasteiger partial charge in [-0.05, 0) is 29.1 Å². The van der Waals surface area contributed by atoms with Gasteiger partial charge in [0.25, 0.3) is 0 Å². The maximum Gasteiger partial charge on any atom is 0.231 e. The second-order valence-electron chi connectivity index (χ2n) is 3.53. The van der Waals surface area contributed by atoms with Crippen LogP contribution in [-0.2, 0) is 0 Å². The van der Waals surface area contributed by atoms with Crippen LogP contribution in [0.25, 0.3) is 0 Å². The van der Waals surface area contributed by atoms with Gasteiger partial charge in [0.15, 0.2) is 11.5 Å². The van der Waals surface area contributed by atoms with E-state index >= 15 is 0 Å². The fraction of sp³-hybridized carbons (Fsp3) is 0.167. The summed E-state index contributed by atoms with van der Waals surface area (Å²) in [5.74, 6) is 1.44. The van der Waals surface area contributed by atoms with Gasteiger partial charge in [-0.3, -0.25) is 0 Å². The van der Waals surface area contributed by atoms with E-state index in [2.05, 4.69) is 0 Å². The molecule has 0 aliphatic carbocycles. The molecule has 0 bridgehead atoms. The number of rotatable bonds is 2. The molecule has 2 aromatic rings. The summed E-state index contributed by atoms with van der Waals surface area (Å²) < 4.78 is 10.5. The summed E-state index contributed by atoms with van der Waals surface area (Å²) in [5, 5.41) is 12.1. The minimum Gasteiger partial charge on any atom is -0.454 e. The molecule has 0 fully saturated rings. The van der Waals surface area contributed by atoms with Crippen molar-refractivity contribution >= 4 is 11.3 Å². The number of hydrogen-bond donors (Lipinski definition) is 1. The molecular formula is C12H10O3S. The predicted molar refractivity (Wildman–Crippen MR) is 60.9 cm³/mol. The highest BCUT2D eigenvalue weighted by Crippen LogP contribution is 2.36. The van der Waals surface area contributed by atoms with Gasteiger partial charge in [-0.15, -0.1) is 11.3 Å². The standard InChI is InChI=1S/C12H10O3S/c13-12(11-2-1-5-16-11)8-3-4-9-10(6-8)15-7-14-9/h1-6,12-13H,7H2/t12-/m1/s1. The van der Waals surface area contributed by atoms with Crippen molar-refractivity contribution in [2.24, 2.45) is 0 Å². The van der Waals surface area contributed by atoms with Crippen LogP contribution in [0.2, 0.25) is 0 Å². The third-order valence-corrected chi connectivity index (χ3v) is 3.45. The smallest absolute Gasteiger partial charge is 0.231 e. The molecule has 0 unspecified atom stereocenters. The van der Waals surface area contributed by atoms with Crippen molar-refractivity contribution in [1.82, 2.24) is 0 Å². The molecule has 3 rings (SSSR count). The molecule has 4 heteroatoms. The lowest BCUT2D eigenvalue weighted by Crippen LogP contribution is -1.96. The Morgan fingerprint density at radius 1 is 1.19 bits per heavy atom. The lowest BCUT2D eigenvalue weighted by molar-refractivity contribution is 0.173. The van der Waals surface area contributed by atoms with Crippen LogP contribution in [0.3, 0.4) is 0 Å². The molecule has 1 aliphatic rings. The van der Waals surface area contributed by atoms with E-state index in [9.17, 15) is 5.11 Å². The fourth-order valence-electron chi connectivity index (χ4n) is 1.69. The number of aliphatic hydroxyl groups is 1. The van der Waals surface area contributed by atoms with Crippen LogP contribution in [0.5, 0.6) is 11.5 Å². The van der Waals surface area contributed by atoms with Gasteiger partial charge >= 0.3 is 0 Å². The molecule has 0 amide bonds. The van der Waals surface area contributed by atoms with E-state index < -0.39 is 6.10 Å². The Morgan fingerprint density at radius 3 is 2.88 bits per heavy atom. The number of hydrogen-bond acceptors (Lipinski definition) is 4. The molecule has 1 aliphatic heterocycles. The number of ether oxygens (including phenoxy) is 2. The van der Waals surface area contributed by atoms with Crippen LogP contribution in [0.1, 0.15) is 16.5 Å². The number of fused-ring (bicyclic) bond motifs is 1. The Morgan fingerprint density at radius 2 is 2.06 bits per heavy atom. The van der Waals surface area contributed by atoms with Crippen LogP contribution >= 0.6 is 11.3 Å². The van der Waals surface area contributed by atoms with Gasteiger partial charge < -0.3 is 14.6 Å². The van der Waals surface area contributed by atoms with E-state index in [4.69, 9.17) is 9.47 Å². The van der Waals surface area contributed by atoms with Crippen molar-refractivity contribution in [2.45, 2.75) is 6.10 Å². The van der Waals surface area contributed by atoms with Gasteiger partial charge in [0.1, 0.15) is 6.10 Å². The summed E-state index contributed by atoms with van der Waals surface area (Å²) in [6.45, 7) is 0.258. The van der Waals surface area contributed by atoms with Crippen LogP contribution in [0, 0.1) is 0 Å². The van der Waals surface area contributed by atoms with E-state index in [0.717, 1.165) is 16.2 Å². The van der Waals surface area contributed by atoms with Crippen LogP contribution in [-0.4, -0.2) is 11.9 Å². The highest BCUT2D eigenvalue weighted by atomic mass is 32.1. The summed E-state index contributed by atoms with van der Waals surface area (Å²) in [7, 11) is 0. The highest BCUT2D eigenvalue weighted by molar-refractivity contribution is 7.10. The molecule has 1 aromatic carbocycles. The van der Waals surface area contributed by atoms with Gasteiger partial charge in [0, 0.05) is 4.88 Å². The van der Waals surface area contributed by atoms with Crippen molar-refractivity contribution in [1.29, 1.82) is 0 Å². The van der Waals surface area contributed by atoms with Gasteiger partial charge in [-0.25, -0.2) is 0 Å². The van der Waals surface area contributed by atoms with Crippen molar-refractivity contribution in [3.05, 3.63) is 46.2 Å². The van der Waals surface area contributed by atoms with Crippen molar-refractivity contribution < 1.29 is 14.6 Å². The highest BCUT2D eigenvalue weighted by Gasteiger charge is 2.17. The minimum atomic E-state index is -0.588. The first-order valence-corrected chi connectivity index (χ1v) is 5.83. The Hall–Kier alpha value is -1.52. The fourth-order valence-corrected chi connectivity index (χ4v) is 2.43. The van der Waals surface area contributed by atoms with Crippen LogP contribution < -0.4 is 9.47 Å². The molecule has 0 saturated carbocycles. The van der Waals surface area contributed by atoms with Crippen LogP contribution in [0.4, 0.5) is 0 Å². The molecule has 16 heavy (non-hydrogen) atoms. The average Bonchev–Trinajstić information content (AvgIpc) is 2.98. The first-order valence-electron chi connectivity index (χ1n) is 4.95. The van der Waals surface area contributed by atoms with Crippen molar-refractivity contribution in [3.63, 3.8) is 0 Å². The summed E-state index contributed by atoms with van der Waals surface area (Å²) in [4.78, 5) is 0.930. The zero-order chi connectivity index (χ0) is 11.0. The van der Waals surface area contributed by atoms with Crippen molar-refractivity contribution in [2.75, 3.05) is 6.79 Å².